The number of rotatable bonds is 0. The predicted octanol–water partition coefficient (Wildman–Crippen LogP) is -0.669. The SMILES string of the molecule is Cl.Cl.Cl.Nc1nc2ncccc2[nH]1.O.O.O. The first-order valence-electron chi connectivity index (χ1n) is 2.92. The third-order valence-electron chi connectivity index (χ3n) is 1.28. The standard InChI is InChI=1S/C6H6N4.3ClH.3H2O/c7-6-9-4-2-1-3-8-5(4)10-6;;;;;;/h1-3H,(H3,7,8,9,10);3*1H;3*1H2. The van der Waals surface area contributed by atoms with Gasteiger partial charge in [-0.15, -0.1) is 37.2 Å². The highest BCUT2D eigenvalue weighted by Crippen LogP contribution is 2.06. The fourth-order valence-corrected chi connectivity index (χ4v) is 0.864. The maximum absolute atomic E-state index is 5.38. The van der Waals surface area contributed by atoms with Crippen molar-refractivity contribution in [2.45, 2.75) is 0 Å². The highest BCUT2D eigenvalue weighted by atomic mass is 35.5. The van der Waals surface area contributed by atoms with Crippen LogP contribution in [0.2, 0.25) is 0 Å². The van der Waals surface area contributed by atoms with Crippen molar-refractivity contribution in [2.75, 3.05) is 5.73 Å². The molecule has 0 aliphatic heterocycles. The predicted molar refractivity (Wildman–Crippen MR) is 70.9 cm³/mol. The normalized spacial score (nSPS) is 6.50. The molecule has 7 nitrogen and oxygen atoms in total. The van der Waals surface area contributed by atoms with E-state index in [0.29, 0.717) is 11.6 Å². The molecule has 0 atom stereocenters. The van der Waals surface area contributed by atoms with Gasteiger partial charge in [-0.1, -0.05) is 0 Å². The number of aromatic amines is 1. The topological polar surface area (TPSA) is 162 Å². The number of anilines is 1. The summed E-state index contributed by atoms with van der Waals surface area (Å²) in [6, 6.07) is 3.71. The lowest BCUT2D eigenvalue weighted by Gasteiger charge is -1.80. The number of fused-ring (bicyclic) bond motifs is 1. The molecule has 2 rings (SSSR count). The van der Waals surface area contributed by atoms with E-state index in [-0.39, 0.29) is 53.6 Å². The zero-order valence-corrected chi connectivity index (χ0v) is 10.4. The molecule has 2 heterocycles. The summed E-state index contributed by atoms with van der Waals surface area (Å²) < 4.78 is 0. The van der Waals surface area contributed by atoms with Gasteiger partial charge in [-0.05, 0) is 12.1 Å². The van der Waals surface area contributed by atoms with E-state index in [0.717, 1.165) is 5.52 Å². The van der Waals surface area contributed by atoms with Crippen LogP contribution in [-0.4, -0.2) is 31.4 Å². The van der Waals surface area contributed by atoms with Crippen molar-refractivity contribution >= 4 is 54.3 Å². The van der Waals surface area contributed by atoms with Gasteiger partial charge in [0.25, 0.3) is 0 Å². The summed E-state index contributed by atoms with van der Waals surface area (Å²) in [5.41, 5.74) is 6.93. The van der Waals surface area contributed by atoms with Crippen LogP contribution in [0.25, 0.3) is 11.2 Å². The van der Waals surface area contributed by atoms with E-state index in [9.17, 15) is 0 Å². The van der Waals surface area contributed by atoms with Gasteiger partial charge in [-0.25, -0.2) is 4.98 Å². The molecule has 0 spiro atoms. The van der Waals surface area contributed by atoms with Crippen LogP contribution in [0.1, 0.15) is 0 Å². The van der Waals surface area contributed by atoms with Crippen LogP contribution >= 0.6 is 37.2 Å². The average molecular weight is 298 g/mol. The lowest BCUT2D eigenvalue weighted by atomic mass is 10.4. The van der Waals surface area contributed by atoms with E-state index in [1.807, 2.05) is 12.1 Å². The van der Waals surface area contributed by atoms with Gasteiger partial charge in [0.15, 0.2) is 11.6 Å². The molecule has 2 aromatic rings. The number of nitrogens with two attached hydrogens (primary N) is 1. The van der Waals surface area contributed by atoms with Gasteiger partial charge < -0.3 is 27.1 Å². The molecule has 10 heteroatoms. The van der Waals surface area contributed by atoms with Crippen LogP contribution in [0.3, 0.4) is 0 Å². The van der Waals surface area contributed by atoms with Crippen molar-refractivity contribution in [1.29, 1.82) is 0 Å². The highest BCUT2D eigenvalue weighted by molar-refractivity contribution is 5.86. The number of imidazole rings is 1. The molecule has 0 saturated carbocycles. The van der Waals surface area contributed by atoms with Crippen LogP contribution in [0.4, 0.5) is 5.95 Å². The summed E-state index contributed by atoms with van der Waals surface area (Å²) in [6.07, 6.45) is 1.68. The molecule has 9 N–H and O–H groups in total. The van der Waals surface area contributed by atoms with Gasteiger partial charge in [0.1, 0.15) is 0 Å². The van der Waals surface area contributed by atoms with Gasteiger partial charge in [0.2, 0.25) is 0 Å². The Bertz CT molecular complexity index is 340. The van der Waals surface area contributed by atoms with E-state index in [2.05, 4.69) is 15.0 Å². The Kier molecular flexibility index (Phi) is 22.5. The smallest absolute Gasteiger partial charge is 0.200 e. The fourth-order valence-electron chi connectivity index (χ4n) is 0.864. The summed E-state index contributed by atoms with van der Waals surface area (Å²) in [4.78, 5) is 10.8. The maximum atomic E-state index is 5.38. The molecule has 16 heavy (non-hydrogen) atoms. The molecule has 0 amide bonds. The number of aromatic nitrogens is 3. The highest BCUT2D eigenvalue weighted by Gasteiger charge is 1.96. The Morgan fingerprint density at radius 1 is 1.06 bits per heavy atom. The Labute approximate surface area is 110 Å². The van der Waals surface area contributed by atoms with Crippen molar-refractivity contribution in [2.24, 2.45) is 0 Å². The monoisotopic (exact) mass is 296 g/mol. The van der Waals surface area contributed by atoms with E-state index in [1.165, 1.54) is 0 Å². The summed E-state index contributed by atoms with van der Waals surface area (Å²) in [7, 11) is 0. The fraction of sp³-hybridized carbons (Fsp3) is 0. The second-order valence-corrected chi connectivity index (χ2v) is 2.00. The molecule has 0 aromatic carbocycles. The zero-order chi connectivity index (χ0) is 6.97. The van der Waals surface area contributed by atoms with Crippen molar-refractivity contribution in [3.8, 4) is 0 Å². The van der Waals surface area contributed by atoms with E-state index < -0.39 is 0 Å². The van der Waals surface area contributed by atoms with E-state index in [4.69, 9.17) is 5.73 Å². The lowest BCUT2D eigenvalue weighted by molar-refractivity contribution is 0.823. The third kappa shape index (κ3) is 5.91. The molecular formula is C6H15Cl3N4O3. The molecule has 0 bridgehead atoms. The third-order valence-corrected chi connectivity index (χ3v) is 1.28. The molecule has 0 radical (unpaired) electrons. The summed E-state index contributed by atoms with van der Waals surface area (Å²) in [5.74, 6) is 0.411. The van der Waals surface area contributed by atoms with Crippen LogP contribution in [0.5, 0.6) is 0 Å². The minimum absolute atomic E-state index is 0. The Hall–Kier alpha value is -0.830. The molecule has 0 fully saturated rings. The van der Waals surface area contributed by atoms with E-state index in [1.54, 1.807) is 6.20 Å². The minimum atomic E-state index is 0. The summed E-state index contributed by atoms with van der Waals surface area (Å²) in [6.45, 7) is 0. The Morgan fingerprint density at radius 3 is 2.12 bits per heavy atom. The second kappa shape index (κ2) is 12.2. The van der Waals surface area contributed by atoms with Crippen molar-refractivity contribution < 1.29 is 16.4 Å². The van der Waals surface area contributed by atoms with Gasteiger partial charge in [0, 0.05) is 6.20 Å². The second-order valence-electron chi connectivity index (χ2n) is 2.00. The van der Waals surface area contributed by atoms with Crippen LogP contribution < -0.4 is 5.73 Å². The first-order chi connectivity index (χ1) is 4.86. The Balaban J connectivity index is -0.0000000672. The summed E-state index contributed by atoms with van der Waals surface area (Å²) in [5, 5.41) is 0. The number of halogens is 3. The van der Waals surface area contributed by atoms with Crippen molar-refractivity contribution in [1.82, 2.24) is 15.0 Å². The number of hydrogen-bond acceptors (Lipinski definition) is 3. The van der Waals surface area contributed by atoms with Crippen LogP contribution in [0, 0.1) is 0 Å². The molecular weight excluding hydrogens is 282 g/mol. The number of nitrogens with zero attached hydrogens (tertiary/aromatic N) is 2. The molecule has 0 aliphatic rings. The molecule has 98 valence electrons. The van der Waals surface area contributed by atoms with Crippen molar-refractivity contribution in [3.05, 3.63) is 18.3 Å². The Morgan fingerprint density at radius 2 is 1.62 bits per heavy atom. The average Bonchev–Trinajstić information content (AvgIpc) is 2.27. The molecule has 2 aromatic heterocycles. The maximum Gasteiger partial charge on any atom is 0.200 e. The number of nitrogen functional groups attached to an aromatic ring is 1. The summed E-state index contributed by atoms with van der Waals surface area (Å²) >= 11 is 0. The zero-order valence-electron chi connectivity index (χ0n) is 7.93. The van der Waals surface area contributed by atoms with Gasteiger partial charge in [-0.3, -0.25) is 0 Å². The number of pyridine rings is 1. The number of H-pyrrole nitrogens is 1. The first kappa shape index (κ1) is 29.4. The molecule has 0 unspecified atom stereocenters. The number of nitrogens with one attached hydrogen (secondary N) is 1. The largest absolute Gasteiger partial charge is 0.412 e. The van der Waals surface area contributed by atoms with Gasteiger partial charge >= 0.3 is 0 Å². The van der Waals surface area contributed by atoms with Gasteiger partial charge in [0.05, 0.1) is 5.52 Å². The van der Waals surface area contributed by atoms with Crippen LogP contribution in [0.15, 0.2) is 18.3 Å². The lowest BCUT2D eigenvalue weighted by Crippen LogP contribution is -1.84. The van der Waals surface area contributed by atoms with Gasteiger partial charge in [-0.2, -0.15) is 4.98 Å². The molecule has 0 saturated heterocycles. The quantitative estimate of drug-likeness (QED) is 0.660. The number of hydrogen-bond donors (Lipinski definition) is 2. The minimum Gasteiger partial charge on any atom is -0.412 e. The van der Waals surface area contributed by atoms with Crippen molar-refractivity contribution in [3.63, 3.8) is 0 Å². The molecule has 0 aliphatic carbocycles. The first-order valence-corrected chi connectivity index (χ1v) is 2.92. The van der Waals surface area contributed by atoms with E-state index >= 15 is 0 Å². The van der Waals surface area contributed by atoms with Crippen LogP contribution in [-0.2, 0) is 0 Å².